The second-order valence-corrected chi connectivity index (χ2v) is 9.02. The first kappa shape index (κ1) is 23.8. The molecule has 4 aromatic rings. The molecule has 34 heavy (non-hydrogen) atoms. The van der Waals surface area contributed by atoms with E-state index < -0.39 is 38.4 Å². The van der Waals surface area contributed by atoms with E-state index in [1.165, 1.54) is 25.3 Å². The smallest absolute Gasteiger partial charge is 0.416 e. The number of rotatable bonds is 3. The van der Waals surface area contributed by atoms with Crippen molar-refractivity contribution in [1.82, 2.24) is 0 Å². The lowest BCUT2D eigenvalue weighted by molar-refractivity contribution is -0.138. The Morgan fingerprint density at radius 1 is 0.706 bits per heavy atom. The highest BCUT2D eigenvalue weighted by Crippen LogP contribution is 2.45. The molecule has 2 N–H and O–H groups in total. The van der Waals surface area contributed by atoms with Crippen LogP contribution in [0.25, 0.3) is 32.7 Å². The van der Waals surface area contributed by atoms with E-state index in [4.69, 9.17) is 9.88 Å². The number of nitrogens with two attached hydrogens (primary N) is 1. The number of hydrogen-bond acceptors (Lipinski definition) is 3. The molecule has 4 nitrogen and oxygen atoms in total. The van der Waals surface area contributed by atoms with Crippen LogP contribution in [0.4, 0.5) is 26.3 Å². The molecule has 0 heterocycles. The maximum absolute atomic E-state index is 13.2. The number of primary sulfonamides is 1. The Morgan fingerprint density at radius 3 is 1.62 bits per heavy atom. The van der Waals surface area contributed by atoms with Gasteiger partial charge in [-0.15, -0.1) is 0 Å². The van der Waals surface area contributed by atoms with Gasteiger partial charge in [0.15, 0.2) is 0 Å². The van der Waals surface area contributed by atoms with Gasteiger partial charge in [0.25, 0.3) is 0 Å². The van der Waals surface area contributed by atoms with Gasteiger partial charge in [-0.3, -0.25) is 0 Å². The van der Waals surface area contributed by atoms with Crippen molar-refractivity contribution in [2.75, 3.05) is 7.11 Å². The highest BCUT2D eigenvalue weighted by molar-refractivity contribution is 7.89. The van der Waals surface area contributed by atoms with E-state index in [-0.39, 0.29) is 38.4 Å². The Labute approximate surface area is 189 Å². The molecular formula is C23H15F6NO3S. The monoisotopic (exact) mass is 499 g/mol. The zero-order valence-electron chi connectivity index (χ0n) is 17.3. The molecule has 0 unspecified atom stereocenters. The van der Waals surface area contributed by atoms with Crippen LogP contribution in [-0.2, 0) is 22.4 Å². The molecule has 0 atom stereocenters. The molecule has 0 radical (unpaired) electrons. The van der Waals surface area contributed by atoms with Gasteiger partial charge >= 0.3 is 12.4 Å². The first-order chi connectivity index (χ1) is 15.7. The van der Waals surface area contributed by atoms with Crippen LogP contribution in [0, 0.1) is 0 Å². The SMILES string of the molecule is COc1ccc2cc(C(F)(F)F)ccc2c1-c1c(S(N)(=O)=O)ccc2cc(C(F)(F)F)ccc12. The number of hydrogen-bond donors (Lipinski definition) is 1. The molecule has 0 saturated heterocycles. The second-order valence-electron chi connectivity index (χ2n) is 7.49. The predicted molar refractivity (Wildman–Crippen MR) is 115 cm³/mol. The average molecular weight is 499 g/mol. The van der Waals surface area contributed by atoms with E-state index in [1.807, 2.05) is 0 Å². The zero-order valence-corrected chi connectivity index (χ0v) is 18.1. The quantitative estimate of drug-likeness (QED) is 0.334. The number of fused-ring (bicyclic) bond motifs is 2. The van der Waals surface area contributed by atoms with Gasteiger partial charge in [0.2, 0.25) is 10.0 Å². The molecule has 4 aromatic carbocycles. The van der Waals surface area contributed by atoms with Gasteiger partial charge in [0.1, 0.15) is 5.75 Å². The van der Waals surface area contributed by atoms with Crippen LogP contribution in [0.2, 0.25) is 0 Å². The van der Waals surface area contributed by atoms with Gasteiger partial charge in [-0.25, -0.2) is 13.6 Å². The highest BCUT2D eigenvalue weighted by atomic mass is 32.2. The highest BCUT2D eigenvalue weighted by Gasteiger charge is 2.32. The van der Waals surface area contributed by atoms with Gasteiger partial charge in [-0.2, -0.15) is 26.3 Å². The van der Waals surface area contributed by atoms with E-state index in [0.717, 1.165) is 42.5 Å². The van der Waals surface area contributed by atoms with Crippen molar-refractivity contribution in [3.8, 4) is 16.9 Å². The summed E-state index contributed by atoms with van der Waals surface area (Å²) < 4.78 is 110. The maximum atomic E-state index is 13.2. The minimum absolute atomic E-state index is 0.0585. The van der Waals surface area contributed by atoms with E-state index in [9.17, 15) is 34.8 Å². The number of alkyl halides is 6. The number of benzene rings is 4. The first-order valence-corrected chi connectivity index (χ1v) is 11.1. The van der Waals surface area contributed by atoms with Gasteiger partial charge < -0.3 is 4.74 Å². The summed E-state index contributed by atoms with van der Waals surface area (Å²) >= 11 is 0. The maximum Gasteiger partial charge on any atom is 0.416 e. The number of sulfonamides is 1. The molecule has 0 aliphatic carbocycles. The number of halogens is 6. The molecule has 0 aliphatic rings. The number of methoxy groups -OCH3 is 1. The molecule has 0 aliphatic heterocycles. The van der Waals surface area contributed by atoms with Crippen LogP contribution in [0.15, 0.2) is 65.6 Å². The average Bonchev–Trinajstić information content (AvgIpc) is 2.74. The topological polar surface area (TPSA) is 69.4 Å². The fourth-order valence-corrected chi connectivity index (χ4v) is 4.65. The Hall–Kier alpha value is -3.31. The Kier molecular flexibility index (Phi) is 5.52. The van der Waals surface area contributed by atoms with E-state index in [0.29, 0.717) is 0 Å². The van der Waals surface area contributed by atoms with Crippen molar-refractivity contribution >= 4 is 31.6 Å². The summed E-state index contributed by atoms with van der Waals surface area (Å²) in [5.41, 5.74) is -1.86. The summed E-state index contributed by atoms with van der Waals surface area (Å²) in [7, 11) is -3.12. The van der Waals surface area contributed by atoms with Crippen LogP contribution in [0.3, 0.4) is 0 Å². The third-order valence-electron chi connectivity index (χ3n) is 5.39. The molecular weight excluding hydrogens is 484 g/mol. The summed E-state index contributed by atoms with van der Waals surface area (Å²) in [6.45, 7) is 0. The molecule has 0 bridgehead atoms. The molecule has 4 rings (SSSR count). The van der Waals surface area contributed by atoms with Crippen molar-refractivity contribution in [3.63, 3.8) is 0 Å². The molecule has 0 amide bonds. The van der Waals surface area contributed by atoms with Crippen molar-refractivity contribution in [3.05, 3.63) is 71.8 Å². The van der Waals surface area contributed by atoms with E-state index in [1.54, 1.807) is 0 Å². The summed E-state index contributed by atoms with van der Waals surface area (Å²) in [6.07, 6.45) is -9.26. The fourth-order valence-electron chi connectivity index (χ4n) is 3.90. The third kappa shape index (κ3) is 4.16. The summed E-state index contributed by atoms with van der Waals surface area (Å²) in [6, 6.07) is 10.6. The summed E-state index contributed by atoms with van der Waals surface area (Å²) in [5, 5.41) is 5.88. The van der Waals surface area contributed by atoms with Crippen molar-refractivity contribution in [2.24, 2.45) is 5.14 Å². The minimum Gasteiger partial charge on any atom is -0.496 e. The largest absolute Gasteiger partial charge is 0.496 e. The standard InChI is InChI=1S/C23H15F6NO3S/c1-33-18-8-2-12-10-14(22(24,25)26)4-6-16(12)20(18)21-17-7-5-15(23(27,28)29)11-13(17)3-9-19(21)34(30,31)32/h2-11H,1H3,(H2,30,31,32). The third-order valence-corrected chi connectivity index (χ3v) is 6.35. The predicted octanol–water partition coefficient (Wildman–Crippen LogP) is 6.35. The number of ether oxygens (including phenoxy) is 1. The van der Waals surface area contributed by atoms with Gasteiger partial charge in [-0.1, -0.05) is 24.3 Å². The van der Waals surface area contributed by atoms with Crippen molar-refractivity contribution in [2.45, 2.75) is 17.2 Å². The van der Waals surface area contributed by atoms with Gasteiger partial charge in [0, 0.05) is 11.1 Å². The fraction of sp³-hybridized carbons (Fsp3) is 0.130. The minimum atomic E-state index is -4.64. The van der Waals surface area contributed by atoms with Gasteiger partial charge in [-0.05, 0) is 57.9 Å². The lowest BCUT2D eigenvalue weighted by Crippen LogP contribution is -2.14. The first-order valence-electron chi connectivity index (χ1n) is 9.57. The van der Waals surface area contributed by atoms with Crippen LogP contribution in [0.5, 0.6) is 5.75 Å². The van der Waals surface area contributed by atoms with Crippen molar-refractivity contribution in [1.29, 1.82) is 0 Å². The molecule has 11 heteroatoms. The van der Waals surface area contributed by atoms with Gasteiger partial charge in [0.05, 0.1) is 23.1 Å². The molecule has 0 saturated carbocycles. The Morgan fingerprint density at radius 2 is 1.18 bits per heavy atom. The zero-order chi connectivity index (χ0) is 25.1. The van der Waals surface area contributed by atoms with Crippen LogP contribution < -0.4 is 9.88 Å². The van der Waals surface area contributed by atoms with Crippen LogP contribution >= 0.6 is 0 Å². The Bertz CT molecular complexity index is 1540. The molecule has 0 fully saturated rings. The van der Waals surface area contributed by atoms with E-state index in [2.05, 4.69) is 0 Å². The summed E-state index contributed by atoms with van der Waals surface area (Å²) in [5.74, 6) is 0.101. The van der Waals surface area contributed by atoms with E-state index >= 15 is 0 Å². The normalized spacial score (nSPS) is 12.9. The van der Waals surface area contributed by atoms with Crippen LogP contribution in [0.1, 0.15) is 11.1 Å². The second kappa shape index (κ2) is 7.88. The lowest BCUT2D eigenvalue weighted by atomic mass is 9.91. The Balaban J connectivity index is 2.17. The molecule has 0 spiro atoms. The molecule has 0 aromatic heterocycles. The lowest BCUT2D eigenvalue weighted by Gasteiger charge is -2.19. The molecule has 178 valence electrons. The van der Waals surface area contributed by atoms with Crippen LogP contribution in [-0.4, -0.2) is 15.5 Å². The van der Waals surface area contributed by atoms with Crippen molar-refractivity contribution < 1.29 is 39.5 Å². The summed E-state index contributed by atoms with van der Waals surface area (Å²) in [4.78, 5) is -0.412.